The van der Waals surface area contributed by atoms with Crippen molar-refractivity contribution in [1.29, 1.82) is 0 Å². The minimum atomic E-state index is 0.780. The number of anilines is 3. The maximum atomic E-state index is 4.87. The molecule has 0 aliphatic carbocycles. The van der Waals surface area contributed by atoms with Gasteiger partial charge in [-0.05, 0) is 43.7 Å². The lowest BCUT2D eigenvalue weighted by molar-refractivity contribution is 0.703. The first-order valence-electron chi connectivity index (χ1n) is 9.96. The molecule has 3 heterocycles. The number of likely N-dealkylation sites (N-methyl/N-ethyl adjacent to an activating group) is 2. The summed E-state index contributed by atoms with van der Waals surface area (Å²) in [7, 11) is 2.06. The van der Waals surface area contributed by atoms with E-state index in [2.05, 4.69) is 66.5 Å². The van der Waals surface area contributed by atoms with Crippen molar-refractivity contribution in [1.82, 2.24) is 24.7 Å². The number of imidazole rings is 1. The Morgan fingerprint density at radius 2 is 1.86 bits per heavy atom. The zero-order valence-electron chi connectivity index (χ0n) is 17.4. The molecule has 0 unspecified atom stereocenters. The van der Waals surface area contributed by atoms with Crippen LogP contribution in [0.5, 0.6) is 0 Å². The number of aromatic nitrogens is 4. The lowest BCUT2D eigenvalue weighted by atomic mass is 10.1. The third-order valence-corrected chi connectivity index (χ3v) is 5.17. The molecule has 3 aromatic heterocycles. The van der Waals surface area contributed by atoms with Crippen molar-refractivity contribution in [2.45, 2.75) is 20.8 Å². The van der Waals surface area contributed by atoms with Gasteiger partial charge in [0.15, 0.2) is 11.5 Å². The predicted molar refractivity (Wildman–Crippen MR) is 119 cm³/mol. The lowest BCUT2D eigenvalue weighted by Crippen LogP contribution is -2.29. The quantitative estimate of drug-likeness (QED) is 0.470. The summed E-state index contributed by atoms with van der Waals surface area (Å²) in [6.07, 6.45) is 3.62. The Bertz CT molecular complexity index is 1130. The Morgan fingerprint density at radius 3 is 2.62 bits per heavy atom. The highest BCUT2D eigenvalue weighted by Gasteiger charge is 2.13. The summed E-state index contributed by atoms with van der Waals surface area (Å²) in [6, 6.07) is 10.3. The Morgan fingerprint density at radius 1 is 1.07 bits per heavy atom. The molecule has 0 fully saturated rings. The number of benzene rings is 1. The minimum Gasteiger partial charge on any atom is -0.358 e. The number of fused-ring (bicyclic) bond motifs is 3. The maximum absolute atomic E-state index is 4.87. The summed E-state index contributed by atoms with van der Waals surface area (Å²) in [5, 5.41) is 6.86. The van der Waals surface area contributed by atoms with E-state index in [9.17, 15) is 0 Å². The van der Waals surface area contributed by atoms with Crippen LogP contribution >= 0.6 is 0 Å². The highest BCUT2D eigenvalue weighted by Crippen LogP contribution is 2.28. The van der Waals surface area contributed by atoms with Crippen molar-refractivity contribution in [2.24, 2.45) is 0 Å². The smallest absolute Gasteiger partial charge is 0.166 e. The van der Waals surface area contributed by atoms with Crippen molar-refractivity contribution < 1.29 is 0 Å². The largest absolute Gasteiger partial charge is 0.358 e. The van der Waals surface area contributed by atoms with Crippen LogP contribution in [0.4, 0.5) is 17.3 Å². The summed E-state index contributed by atoms with van der Waals surface area (Å²) >= 11 is 0. The highest BCUT2D eigenvalue weighted by molar-refractivity contribution is 5.85. The molecule has 0 atom stereocenters. The average molecular weight is 390 g/mol. The summed E-state index contributed by atoms with van der Waals surface area (Å²) in [4.78, 5) is 16.2. The number of hydrogen-bond acceptors (Lipinski definition) is 6. The number of aryl methyl sites for hydroxylation is 2. The van der Waals surface area contributed by atoms with Gasteiger partial charge in [-0.2, -0.15) is 0 Å². The van der Waals surface area contributed by atoms with E-state index in [1.54, 1.807) is 6.33 Å². The molecule has 29 heavy (non-hydrogen) atoms. The Hall–Kier alpha value is -3.19. The van der Waals surface area contributed by atoms with Gasteiger partial charge >= 0.3 is 0 Å². The van der Waals surface area contributed by atoms with Crippen molar-refractivity contribution in [3.63, 3.8) is 0 Å². The van der Waals surface area contributed by atoms with Crippen LogP contribution in [0.25, 0.3) is 16.7 Å². The molecule has 0 bridgehead atoms. The fraction of sp³-hybridized carbons (Fsp3) is 0.318. The first kappa shape index (κ1) is 19.1. The average Bonchev–Trinajstić information content (AvgIpc) is 3.21. The van der Waals surface area contributed by atoms with Gasteiger partial charge in [0.1, 0.15) is 23.2 Å². The van der Waals surface area contributed by atoms with E-state index in [1.165, 1.54) is 11.1 Å². The third kappa shape index (κ3) is 3.73. The van der Waals surface area contributed by atoms with Crippen LogP contribution < -0.4 is 15.5 Å². The van der Waals surface area contributed by atoms with E-state index in [0.29, 0.717) is 0 Å². The lowest BCUT2D eigenvalue weighted by Gasteiger charge is -2.19. The van der Waals surface area contributed by atoms with Crippen LogP contribution in [0.1, 0.15) is 18.1 Å². The SMILES string of the molecule is CCNCCN(C)c1ccc2nc(Nc3c(C)cccc3C)c3cncn3c2n1. The Labute approximate surface area is 170 Å². The van der Waals surface area contributed by atoms with Crippen LogP contribution in [0.2, 0.25) is 0 Å². The third-order valence-electron chi connectivity index (χ3n) is 5.17. The van der Waals surface area contributed by atoms with Gasteiger partial charge in [-0.1, -0.05) is 25.1 Å². The second-order valence-corrected chi connectivity index (χ2v) is 7.29. The summed E-state index contributed by atoms with van der Waals surface area (Å²) in [5.74, 6) is 1.70. The highest BCUT2D eigenvalue weighted by atomic mass is 15.2. The van der Waals surface area contributed by atoms with Gasteiger partial charge < -0.3 is 15.5 Å². The van der Waals surface area contributed by atoms with Crippen LogP contribution in [-0.2, 0) is 0 Å². The standard InChI is InChI=1S/C22H27N7/c1-5-23-11-12-28(4)19-10-9-17-22(26-19)29-14-24-13-18(29)21(25-17)27-20-15(2)7-6-8-16(20)3/h6-10,13-14,23H,5,11-12H2,1-4H3,(H,25,27). The summed E-state index contributed by atoms with van der Waals surface area (Å²) in [6.45, 7) is 9.08. The molecule has 4 rings (SSSR count). The number of pyridine rings is 1. The van der Waals surface area contributed by atoms with Crippen molar-refractivity contribution >= 4 is 34.0 Å². The normalized spacial score (nSPS) is 11.3. The monoisotopic (exact) mass is 389 g/mol. The molecule has 7 heteroatoms. The van der Waals surface area contributed by atoms with E-state index in [4.69, 9.17) is 9.97 Å². The van der Waals surface area contributed by atoms with Crippen LogP contribution in [0.15, 0.2) is 42.9 Å². The number of hydrogen-bond donors (Lipinski definition) is 2. The molecule has 0 radical (unpaired) electrons. The first-order chi connectivity index (χ1) is 14.1. The second kappa shape index (κ2) is 8.05. The van der Waals surface area contributed by atoms with Gasteiger partial charge in [0.05, 0.1) is 6.20 Å². The summed E-state index contributed by atoms with van der Waals surface area (Å²) in [5.41, 5.74) is 5.97. The number of rotatable bonds is 7. The minimum absolute atomic E-state index is 0.780. The molecular formula is C22H27N7. The van der Waals surface area contributed by atoms with Gasteiger partial charge in [-0.25, -0.2) is 15.0 Å². The predicted octanol–water partition coefficient (Wildman–Crippen LogP) is 3.68. The van der Waals surface area contributed by atoms with Gasteiger partial charge in [-0.3, -0.25) is 4.40 Å². The zero-order valence-corrected chi connectivity index (χ0v) is 17.4. The molecule has 0 saturated heterocycles. The van der Waals surface area contributed by atoms with Crippen molar-refractivity contribution in [2.75, 3.05) is 36.9 Å². The molecule has 7 nitrogen and oxygen atoms in total. The Kier molecular flexibility index (Phi) is 5.31. The van der Waals surface area contributed by atoms with E-state index in [0.717, 1.165) is 53.6 Å². The molecule has 0 spiro atoms. The van der Waals surface area contributed by atoms with E-state index in [-0.39, 0.29) is 0 Å². The molecule has 2 N–H and O–H groups in total. The molecular weight excluding hydrogens is 362 g/mol. The fourth-order valence-corrected chi connectivity index (χ4v) is 3.49. The molecule has 0 aliphatic rings. The first-order valence-corrected chi connectivity index (χ1v) is 9.96. The summed E-state index contributed by atoms with van der Waals surface area (Å²) < 4.78 is 2.00. The molecule has 0 amide bonds. The number of para-hydroxylation sites is 1. The van der Waals surface area contributed by atoms with Crippen molar-refractivity contribution in [3.05, 3.63) is 54.0 Å². The van der Waals surface area contributed by atoms with E-state index in [1.807, 2.05) is 22.7 Å². The van der Waals surface area contributed by atoms with Crippen LogP contribution in [0.3, 0.4) is 0 Å². The molecule has 0 saturated carbocycles. The van der Waals surface area contributed by atoms with Gasteiger partial charge in [0, 0.05) is 25.8 Å². The number of nitrogens with one attached hydrogen (secondary N) is 2. The van der Waals surface area contributed by atoms with E-state index >= 15 is 0 Å². The molecule has 0 aliphatic heterocycles. The van der Waals surface area contributed by atoms with Gasteiger partial charge in [-0.15, -0.1) is 0 Å². The fourth-order valence-electron chi connectivity index (χ4n) is 3.49. The van der Waals surface area contributed by atoms with Gasteiger partial charge in [0.25, 0.3) is 0 Å². The molecule has 4 aromatic rings. The van der Waals surface area contributed by atoms with E-state index < -0.39 is 0 Å². The Balaban J connectivity index is 1.75. The molecule has 150 valence electrons. The second-order valence-electron chi connectivity index (χ2n) is 7.29. The zero-order chi connectivity index (χ0) is 20.4. The van der Waals surface area contributed by atoms with Gasteiger partial charge in [0.2, 0.25) is 0 Å². The van der Waals surface area contributed by atoms with Crippen LogP contribution in [0, 0.1) is 13.8 Å². The maximum Gasteiger partial charge on any atom is 0.166 e. The van der Waals surface area contributed by atoms with Crippen molar-refractivity contribution in [3.8, 4) is 0 Å². The van der Waals surface area contributed by atoms with Crippen LogP contribution in [-0.4, -0.2) is 46.0 Å². The molecule has 1 aromatic carbocycles. The number of nitrogens with zero attached hydrogens (tertiary/aromatic N) is 5. The topological polar surface area (TPSA) is 70.4 Å².